The second kappa shape index (κ2) is 3.84. The van der Waals surface area contributed by atoms with E-state index in [4.69, 9.17) is 5.73 Å². The van der Waals surface area contributed by atoms with Crippen molar-refractivity contribution >= 4 is 28.6 Å². The lowest BCUT2D eigenvalue weighted by Crippen LogP contribution is -1.97. The van der Waals surface area contributed by atoms with Crippen molar-refractivity contribution in [3.63, 3.8) is 0 Å². The number of aromatic nitrogens is 2. The van der Waals surface area contributed by atoms with E-state index in [0.717, 1.165) is 21.7 Å². The first kappa shape index (κ1) is 9.27. The Morgan fingerprint density at radius 2 is 2.07 bits per heavy atom. The van der Waals surface area contributed by atoms with Crippen LogP contribution in [0.15, 0.2) is 29.3 Å². The molecule has 72 valence electrons. The average Bonchev–Trinajstić information content (AvgIpc) is 2.18. The first-order valence-corrected chi connectivity index (χ1v) is 5.45. The maximum atomic E-state index is 5.62. The highest BCUT2D eigenvalue weighted by molar-refractivity contribution is 7.99. The van der Waals surface area contributed by atoms with E-state index in [0.29, 0.717) is 5.95 Å². The van der Waals surface area contributed by atoms with Crippen LogP contribution >= 0.6 is 11.8 Å². The van der Waals surface area contributed by atoms with E-state index in [9.17, 15) is 0 Å². The largest absolute Gasteiger partial charge is 0.368 e. The third kappa shape index (κ3) is 1.65. The quantitative estimate of drug-likeness (QED) is 0.604. The van der Waals surface area contributed by atoms with Crippen LogP contribution in [0.2, 0.25) is 0 Å². The molecular formula is C10H11N3S. The van der Waals surface area contributed by atoms with Crippen molar-refractivity contribution in [3.8, 4) is 0 Å². The number of benzene rings is 1. The lowest BCUT2D eigenvalue weighted by molar-refractivity contribution is 1.12. The van der Waals surface area contributed by atoms with Gasteiger partial charge in [0.25, 0.3) is 0 Å². The van der Waals surface area contributed by atoms with Crippen LogP contribution in [0.5, 0.6) is 0 Å². The molecule has 2 rings (SSSR count). The average molecular weight is 205 g/mol. The Bertz CT molecular complexity index is 456. The van der Waals surface area contributed by atoms with Crippen molar-refractivity contribution in [1.29, 1.82) is 0 Å². The van der Waals surface area contributed by atoms with Gasteiger partial charge in [-0.15, -0.1) is 11.8 Å². The van der Waals surface area contributed by atoms with Gasteiger partial charge in [-0.1, -0.05) is 25.1 Å². The van der Waals surface area contributed by atoms with Gasteiger partial charge in [-0.25, -0.2) is 9.97 Å². The Hall–Kier alpha value is -1.29. The molecule has 0 saturated carbocycles. The molecular weight excluding hydrogens is 194 g/mol. The highest BCUT2D eigenvalue weighted by Gasteiger charge is 2.04. The van der Waals surface area contributed by atoms with Crippen LogP contribution in [-0.2, 0) is 0 Å². The van der Waals surface area contributed by atoms with E-state index in [2.05, 4.69) is 16.9 Å². The van der Waals surface area contributed by atoms with Gasteiger partial charge < -0.3 is 5.73 Å². The van der Waals surface area contributed by atoms with Crippen LogP contribution in [0.3, 0.4) is 0 Å². The molecule has 2 N–H and O–H groups in total. The molecule has 14 heavy (non-hydrogen) atoms. The number of hydrogen-bond donors (Lipinski definition) is 1. The van der Waals surface area contributed by atoms with Gasteiger partial charge in [-0.2, -0.15) is 0 Å². The minimum atomic E-state index is 0.347. The zero-order chi connectivity index (χ0) is 9.97. The first-order chi connectivity index (χ1) is 6.81. The third-order valence-electron chi connectivity index (χ3n) is 1.87. The summed E-state index contributed by atoms with van der Waals surface area (Å²) in [5.41, 5.74) is 6.53. The molecule has 0 spiro atoms. The predicted octanol–water partition coefficient (Wildman–Crippen LogP) is 2.32. The van der Waals surface area contributed by atoms with Crippen LogP contribution in [0.25, 0.3) is 10.9 Å². The number of hydrogen-bond acceptors (Lipinski definition) is 4. The molecule has 1 aromatic heterocycles. The molecule has 0 unspecified atom stereocenters. The molecule has 0 saturated heterocycles. The van der Waals surface area contributed by atoms with Crippen LogP contribution in [-0.4, -0.2) is 15.7 Å². The van der Waals surface area contributed by atoms with Gasteiger partial charge in [-0.05, 0) is 11.8 Å². The van der Waals surface area contributed by atoms with Gasteiger partial charge in [0, 0.05) is 5.39 Å². The molecule has 1 aromatic carbocycles. The third-order valence-corrected chi connectivity index (χ3v) is 2.74. The Kier molecular flexibility index (Phi) is 2.54. The van der Waals surface area contributed by atoms with E-state index in [1.807, 2.05) is 24.3 Å². The normalized spacial score (nSPS) is 10.6. The van der Waals surface area contributed by atoms with Gasteiger partial charge in [0.1, 0.15) is 5.03 Å². The summed E-state index contributed by atoms with van der Waals surface area (Å²) in [6.45, 7) is 2.09. The monoisotopic (exact) mass is 205 g/mol. The number of para-hydroxylation sites is 1. The minimum Gasteiger partial charge on any atom is -0.368 e. The van der Waals surface area contributed by atoms with Crippen LogP contribution in [0.1, 0.15) is 6.92 Å². The van der Waals surface area contributed by atoms with Crippen LogP contribution < -0.4 is 5.73 Å². The highest BCUT2D eigenvalue weighted by atomic mass is 32.2. The number of thioether (sulfide) groups is 1. The summed E-state index contributed by atoms with van der Waals surface area (Å²) in [7, 11) is 0. The first-order valence-electron chi connectivity index (χ1n) is 4.46. The summed E-state index contributed by atoms with van der Waals surface area (Å²) >= 11 is 1.69. The molecule has 0 fully saturated rings. The SMILES string of the molecule is CCSc1nc(N)nc2ccccc12. The van der Waals surface area contributed by atoms with Crippen LogP contribution in [0.4, 0.5) is 5.95 Å². The maximum absolute atomic E-state index is 5.62. The second-order valence-corrected chi connectivity index (χ2v) is 4.09. The predicted molar refractivity (Wildman–Crippen MR) is 60.3 cm³/mol. The minimum absolute atomic E-state index is 0.347. The zero-order valence-electron chi connectivity index (χ0n) is 7.90. The molecule has 0 aliphatic carbocycles. The van der Waals surface area contributed by atoms with Crippen molar-refractivity contribution in [2.75, 3.05) is 11.5 Å². The molecule has 3 nitrogen and oxygen atoms in total. The topological polar surface area (TPSA) is 51.8 Å². The lowest BCUT2D eigenvalue weighted by atomic mass is 10.2. The molecule has 0 atom stereocenters. The lowest BCUT2D eigenvalue weighted by Gasteiger charge is -2.03. The smallest absolute Gasteiger partial charge is 0.221 e. The Morgan fingerprint density at radius 3 is 2.86 bits per heavy atom. The molecule has 0 aliphatic heterocycles. The number of fused-ring (bicyclic) bond motifs is 1. The Balaban J connectivity index is 2.67. The molecule has 0 amide bonds. The number of nitrogens with zero attached hydrogens (tertiary/aromatic N) is 2. The fourth-order valence-corrected chi connectivity index (χ4v) is 2.07. The number of nitrogens with two attached hydrogens (primary N) is 1. The number of rotatable bonds is 2. The maximum Gasteiger partial charge on any atom is 0.221 e. The Morgan fingerprint density at radius 1 is 1.29 bits per heavy atom. The molecule has 4 heteroatoms. The van der Waals surface area contributed by atoms with Gasteiger partial charge in [0.05, 0.1) is 5.52 Å². The summed E-state index contributed by atoms with van der Waals surface area (Å²) < 4.78 is 0. The summed E-state index contributed by atoms with van der Waals surface area (Å²) in [6, 6.07) is 7.91. The standard InChI is InChI=1S/C10H11N3S/c1-2-14-9-7-5-3-4-6-8(7)12-10(11)13-9/h3-6H,2H2,1H3,(H2,11,12,13). The van der Waals surface area contributed by atoms with Gasteiger partial charge in [0.15, 0.2) is 0 Å². The number of nitrogen functional groups attached to an aromatic ring is 1. The van der Waals surface area contributed by atoms with E-state index < -0.39 is 0 Å². The van der Waals surface area contributed by atoms with E-state index >= 15 is 0 Å². The van der Waals surface area contributed by atoms with Crippen LogP contribution in [0, 0.1) is 0 Å². The van der Waals surface area contributed by atoms with Crippen molar-refractivity contribution < 1.29 is 0 Å². The van der Waals surface area contributed by atoms with Gasteiger partial charge in [0.2, 0.25) is 5.95 Å². The second-order valence-electron chi connectivity index (χ2n) is 2.84. The van der Waals surface area contributed by atoms with Gasteiger partial charge >= 0.3 is 0 Å². The van der Waals surface area contributed by atoms with Crippen molar-refractivity contribution in [2.45, 2.75) is 11.9 Å². The van der Waals surface area contributed by atoms with Gasteiger partial charge in [-0.3, -0.25) is 0 Å². The van der Waals surface area contributed by atoms with E-state index in [1.54, 1.807) is 11.8 Å². The van der Waals surface area contributed by atoms with E-state index in [1.165, 1.54) is 0 Å². The zero-order valence-corrected chi connectivity index (χ0v) is 8.71. The molecule has 1 heterocycles. The fraction of sp³-hybridized carbons (Fsp3) is 0.200. The molecule has 0 radical (unpaired) electrons. The molecule has 0 bridgehead atoms. The molecule has 2 aromatic rings. The molecule has 0 aliphatic rings. The number of anilines is 1. The summed E-state index contributed by atoms with van der Waals surface area (Å²) in [5, 5.41) is 2.05. The fourth-order valence-electron chi connectivity index (χ4n) is 1.31. The summed E-state index contributed by atoms with van der Waals surface area (Å²) in [5.74, 6) is 1.33. The summed E-state index contributed by atoms with van der Waals surface area (Å²) in [6.07, 6.45) is 0. The summed E-state index contributed by atoms with van der Waals surface area (Å²) in [4.78, 5) is 8.39. The highest BCUT2D eigenvalue weighted by Crippen LogP contribution is 2.25. The van der Waals surface area contributed by atoms with Crippen molar-refractivity contribution in [2.24, 2.45) is 0 Å². The van der Waals surface area contributed by atoms with Crippen molar-refractivity contribution in [3.05, 3.63) is 24.3 Å². The van der Waals surface area contributed by atoms with Crippen molar-refractivity contribution in [1.82, 2.24) is 9.97 Å². The van der Waals surface area contributed by atoms with E-state index in [-0.39, 0.29) is 0 Å². The Labute approximate surface area is 86.7 Å².